The number of benzene rings is 1. The van der Waals surface area contributed by atoms with E-state index in [9.17, 15) is 0 Å². The van der Waals surface area contributed by atoms with Crippen LogP contribution in [0.5, 0.6) is 0 Å². The molecular formula is C11H11NS. The molecule has 0 aliphatic rings. The molecule has 0 spiro atoms. The zero-order valence-electron chi connectivity index (χ0n) is 7.27. The van der Waals surface area contributed by atoms with Crippen LogP contribution in [0.25, 0.3) is 0 Å². The van der Waals surface area contributed by atoms with Crippen LogP contribution in [-0.2, 0) is 0 Å². The molecule has 66 valence electrons. The number of aliphatic imine (C=N–C) groups is 1. The van der Waals surface area contributed by atoms with Crippen LogP contribution >= 0.6 is 12.6 Å². The van der Waals surface area contributed by atoms with Crippen LogP contribution in [0.2, 0.25) is 0 Å². The fourth-order valence-electron chi connectivity index (χ4n) is 0.893. The summed E-state index contributed by atoms with van der Waals surface area (Å²) in [5.41, 5.74) is 1.96. The van der Waals surface area contributed by atoms with Gasteiger partial charge in [0.25, 0.3) is 0 Å². The van der Waals surface area contributed by atoms with E-state index >= 15 is 0 Å². The average molecular weight is 189 g/mol. The SMILES string of the molecule is C#Cc1ccc(/C=N/CCS)cc1. The maximum absolute atomic E-state index is 5.23. The van der Waals surface area contributed by atoms with E-state index in [0.29, 0.717) is 0 Å². The fraction of sp³-hybridized carbons (Fsp3) is 0.182. The van der Waals surface area contributed by atoms with Crippen molar-refractivity contribution in [1.82, 2.24) is 0 Å². The van der Waals surface area contributed by atoms with Gasteiger partial charge in [0.05, 0.1) is 0 Å². The summed E-state index contributed by atoms with van der Waals surface area (Å²) in [5.74, 6) is 3.34. The molecule has 0 aliphatic heterocycles. The second kappa shape index (κ2) is 5.45. The molecule has 0 aliphatic carbocycles. The lowest BCUT2D eigenvalue weighted by Gasteiger charge is -1.93. The minimum atomic E-state index is 0.750. The summed E-state index contributed by atoms with van der Waals surface area (Å²) in [6, 6.07) is 7.72. The third-order valence-corrected chi connectivity index (χ3v) is 1.75. The Balaban J connectivity index is 2.65. The second-order valence-corrected chi connectivity index (χ2v) is 2.97. The summed E-state index contributed by atoms with van der Waals surface area (Å²) in [4.78, 5) is 4.16. The van der Waals surface area contributed by atoms with Crippen molar-refractivity contribution in [2.75, 3.05) is 12.3 Å². The highest BCUT2D eigenvalue weighted by Crippen LogP contribution is 2.00. The van der Waals surface area contributed by atoms with Crippen molar-refractivity contribution >= 4 is 18.8 Å². The van der Waals surface area contributed by atoms with E-state index in [0.717, 1.165) is 23.4 Å². The van der Waals surface area contributed by atoms with Gasteiger partial charge < -0.3 is 0 Å². The molecule has 13 heavy (non-hydrogen) atoms. The maximum Gasteiger partial charge on any atom is 0.0477 e. The van der Waals surface area contributed by atoms with Gasteiger partial charge in [-0.05, 0) is 17.7 Å². The first-order valence-electron chi connectivity index (χ1n) is 4.04. The molecule has 2 heteroatoms. The highest BCUT2D eigenvalue weighted by atomic mass is 32.1. The zero-order valence-corrected chi connectivity index (χ0v) is 8.17. The predicted octanol–water partition coefficient (Wildman–Crippen LogP) is 2.02. The number of hydrogen-bond donors (Lipinski definition) is 1. The molecule has 1 rings (SSSR count). The molecule has 0 atom stereocenters. The minimum absolute atomic E-state index is 0.750. The standard InChI is InChI=1S/C11H11NS/c1-2-10-3-5-11(6-4-10)9-12-7-8-13/h1,3-6,9,13H,7-8H2/b12-9+. The third kappa shape index (κ3) is 3.35. The van der Waals surface area contributed by atoms with E-state index in [-0.39, 0.29) is 0 Å². The van der Waals surface area contributed by atoms with Crippen molar-refractivity contribution < 1.29 is 0 Å². The van der Waals surface area contributed by atoms with E-state index in [1.165, 1.54) is 0 Å². The summed E-state index contributed by atoms with van der Waals surface area (Å²) in [6.45, 7) is 0.750. The van der Waals surface area contributed by atoms with E-state index in [1.807, 2.05) is 30.5 Å². The quantitative estimate of drug-likeness (QED) is 0.424. The van der Waals surface area contributed by atoms with E-state index < -0.39 is 0 Å². The molecule has 0 unspecified atom stereocenters. The fourth-order valence-corrected chi connectivity index (χ4v) is 1.01. The Labute approximate surface area is 84.3 Å². The van der Waals surface area contributed by atoms with Gasteiger partial charge in [0.1, 0.15) is 0 Å². The Kier molecular flexibility index (Phi) is 4.14. The van der Waals surface area contributed by atoms with Gasteiger partial charge in [-0.2, -0.15) is 12.6 Å². The number of terminal acetylenes is 1. The first-order chi connectivity index (χ1) is 6.36. The van der Waals surface area contributed by atoms with Crippen molar-refractivity contribution in [3.05, 3.63) is 35.4 Å². The largest absolute Gasteiger partial charge is 0.292 e. The lowest BCUT2D eigenvalue weighted by molar-refractivity contribution is 1.16. The summed E-state index contributed by atoms with van der Waals surface area (Å²) in [5, 5.41) is 0. The number of nitrogens with zero attached hydrogens (tertiary/aromatic N) is 1. The Morgan fingerprint density at radius 1 is 1.38 bits per heavy atom. The smallest absolute Gasteiger partial charge is 0.0477 e. The number of hydrogen-bond acceptors (Lipinski definition) is 2. The van der Waals surface area contributed by atoms with Gasteiger partial charge >= 0.3 is 0 Å². The molecule has 0 N–H and O–H groups in total. The lowest BCUT2D eigenvalue weighted by Crippen LogP contribution is -1.85. The molecule has 0 fully saturated rings. The molecule has 0 saturated heterocycles. The molecule has 0 heterocycles. The first-order valence-corrected chi connectivity index (χ1v) is 4.67. The molecule has 0 amide bonds. The summed E-state index contributed by atoms with van der Waals surface area (Å²) in [7, 11) is 0. The molecular weight excluding hydrogens is 178 g/mol. The molecule has 0 saturated carbocycles. The van der Waals surface area contributed by atoms with Gasteiger partial charge in [-0.3, -0.25) is 4.99 Å². The van der Waals surface area contributed by atoms with Crippen molar-refractivity contribution in [2.24, 2.45) is 4.99 Å². The van der Waals surface area contributed by atoms with Gasteiger partial charge in [0.2, 0.25) is 0 Å². The van der Waals surface area contributed by atoms with Crippen molar-refractivity contribution in [1.29, 1.82) is 0 Å². The second-order valence-electron chi connectivity index (χ2n) is 2.53. The van der Waals surface area contributed by atoms with Gasteiger partial charge in [0.15, 0.2) is 0 Å². The van der Waals surface area contributed by atoms with Gasteiger partial charge in [-0.15, -0.1) is 6.42 Å². The van der Waals surface area contributed by atoms with Crippen molar-refractivity contribution in [3.63, 3.8) is 0 Å². The summed E-state index contributed by atoms with van der Waals surface area (Å²) < 4.78 is 0. The van der Waals surface area contributed by atoms with Crippen LogP contribution in [-0.4, -0.2) is 18.5 Å². The first kappa shape index (κ1) is 9.88. The van der Waals surface area contributed by atoms with E-state index in [4.69, 9.17) is 6.42 Å². The molecule has 1 aromatic carbocycles. The lowest BCUT2D eigenvalue weighted by atomic mass is 10.1. The minimum Gasteiger partial charge on any atom is -0.292 e. The Hall–Kier alpha value is -1.20. The van der Waals surface area contributed by atoms with E-state index in [2.05, 4.69) is 23.5 Å². The average Bonchev–Trinajstić information content (AvgIpc) is 2.19. The molecule has 0 radical (unpaired) electrons. The van der Waals surface area contributed by atoms with Crippen molar-refractivity contribution in [3.8, 4) is 12.3 Å². The highest BCUT2D eigenvalue weighted by molar-refractivity contribution is 7.80. The van der Waals surface area contributed by atoms with Crippen LogP contribution in [0.15, 0.2) is 29.3 Å². The summed E-state index contributed by atoms with van der Waals surface area (Å²) in [6.07, 6.45) is 7.06. The normalized spacial score (nSPS) is 10.2. The summed E-state index contributed by atoms with van der Waals surface area (Å²) >= 11 is 4.06. The highest BCUT2D eigenvalue weighted by Gasteiger charge is 1.87. The zero-order chi connectivity index (χ0) is 9.52. The third-order valence-electron chi connectivity index (χ3n) is 1.55. The van der Waals surface area contributed by atoms with E-state index in [1.54, 1.807) is 0 Å². The predicted molar refractivity (Wildman–Crippen MR) is 60.7 cm³/mol. The van der Waals surface area contributed by atoms with Gasteiger partial charge in [0, 0.05) is 24.1 Å². The number of thiol groups is 1. The molecule has 0 bridgehead atoms. The molecule has 1 aromatic rings. The molecule has 1 nitrogen and oxygen atoms in total. The van der Waals surface area contributed by atoms with Crippen LogP contribution in [0.3, 0.4) is 0 Å². The van der Waals surface area contributed by atoms with Crippen LogP contribution in [0, 0.1) is 12.3 Å². The van der Waals surface area contributed by atoms with Crippen LogP contribution < -0.4 is 0 Å². The van der Waals surface area contributed by atoms with Gasteiger partial charge in [-0.25, -0.2) is 0 Å². The maximum atomic E-state index is 5.23. The van der Waals surface area contributed by atoms with Gasteiger partial charge in [-0.1, -0.05) is 18.1 Å². The topological polar surface area (TPSA) is 12.4 Å². The van der Waals surface area contributed by atoms with Crippen molar-refractivity contribution in [2.45, 2.75) is 0 Å². The Morgan fingerprint density at radius 3 is 2.62 bits per heavy atom. The molecule has 0 aromatic heterocycles. The van der Waals surface area contributed by atoms with Crippen LogP contribution in [0.4, 0.5) is 0 Å². The number of rotatable bonds is 3. The van der Waals surface area contributed by atoms with Crippen LogP contribution in [0.1, 0.15) is 11.1 Å². The Morgan fingerprint density at radius 2 is 2.08 bits per heavy atom. The monoisotopic (exact) mass is 189 g/mol. The Bertz CT molecular complexity index is 319.